The van der Waals surface area contributed by atoms with Gasteiger partial charge in [0.1, 0.15) is 0 Å². The van der Waals surface area contributed by atoms with Crippen LogP contribution in [0, 0.1) is 19.8 Å². The first-order valence-corrected chi connectivity index (χ1v) is 8.43. The maximum atomic E-state index is 11.8. The molecule has 2 amide bonds. The molecule has 2 N–H and O–H groups in total. The van der Waals surface area contributed by atoms with Crippen molar-refractivity contribution < 1.29 is 9.59 Å². The van der Waals surface area contributed by atoms with Gasteiger partial charge >= 0.3 is 0 Å². The Morgan fingerprint density at radius 2 is 2.04 bits per heavy atom. The van der Waals surface area contributed by atoms with Crippen molar-refractivity contribution in [3.8, 4) is 0 Å². The van der Waals surface area contributed by atoms with Crippen molar-refractivity contribution >= 4 is 17.5 Å². The Hall–Kier alpha value is -2.48. The maximum Gasteiger partial charge on any atom is 0.223 e. The number of hydrogen-bond acceptors (Lipinski definition) is 5. The van der Waals surface area contributed by atoms with Crippen molar-refractivity contribution in [3.05, 3.63) is 29.2 Å². The van der Waals surface area contributed by atoms with Crippen LogP contribution >= 0.6 is 0 Å². The molecule has 8 heteroatoms. The summed E-state index contributed by atoms with van der Waals surface area (Å²) < 4.78 is 1.83. The lowest BCUT2D eigenvalue weighted by atomic mass is 10.1. The molecule has 1 aliphatic rings. The van der Waals surface area contributed by atoms with Gasteiger partial charge in [-0.15, -0.1) is 0 Å². The number of amides is 2. The molecule has 2 aromatic rings. The second-order valence-electron chi connectivity index (χ2n) is 6.74. The highest BCUT2D eigenvalue weighted by Gasteiger charge is 2.28. The van der Waals surface area contributed by atoms with Gasteiger partial charge in [-0.25, -0.2) is 9.50 Å². The predicted molar refractivity (Wildman–Crippen MR) is 92.7 cm³/mol. The van der Waals surface area contributed by atoms with Gasteiger partial charge in [0.2, 0.25) is 11.8 Å². The minimum atomic E-state index is -0.372. The number of aryl methyl sites for hydroxylation is 2. The zero-order valence-electron chi connectivity index (χ0n) is 14.9. The topological polar surface area (TPSA) is 96.8 Å². The van der Waals surface area contributed by atoms with E-state index in [-0.39, 0.29) is 17.7 Å². The van der Waals surface area contributed by atoms with Crippen LogP contribution in [0.1, 0.15) is 23.9 Å². The molecule has 0 aliphatic carbocycles. The van der Waals surface area contributed by atoms with E-state index in [1.54, 1.807) is 4.90 Å². The van der Waals surface area contributed by atoms with E-state index in [1.165, 1.54) is 6.92 Å². The molecule has 0 spiro atoms. The monoisotopic (exact) mass is 344 g/mol. The predicted octanol–water partition coefficient (Wildman–Crippen LogP) is 0.112. The van der Waals surface area contributed by atoms with Crippen LogP contribution in [-0.2, 0) is 16.1 Å². The SMILES string of the molecule is CC(=O)N1CCN(Cc2cnn3c(C)cc(C)nc23)CC(C(N)=O)C1. The van der Waals surface area contributed by atoms with Gasteiger partial charge in [0.15, 0.2) is 5.65 Å². The molecule has 1 saturated heterocycles. The molecule has 8 nitrogen and oxygen atoms in total. The molecule has 1 atom stereocenters. The molecule has 1 aliphatic heterocycles. The Kier molecular flexibility index (Phi) is 4.71. The van der Waals surface area contributed by atoms with E-state index in [2.05, 4.69) is 15.0 Å². The Morgan fingerprint density at radius 3 is 2.72 bits per heavy atom. The first-order valence-electron chi connectivity index (χ1n) is 8.43. The molecule has 3 rings (SSSR count). The van der Waals surface area contributed by atoms with Crippen LogP contribution in [0.2, 0.25) is 0 Å². The van der Waals surface area contributed by atoms with Gasteiger partial charge in [0.25, 0.3) is 0 Å². The first-order chi connectivity index (χ1) is 11.8. The first kappa shape index (κ1) is 17.3. The average Bonchev–Trinajstić information content (AvgIpc) is 2.79. The van der Waals surface area contributed by atoms with Gasteiger partial charge in [-0.05, 0) is 19.9 Å². The number of primary amides is 1. The van der Waals surface area contributed by atoms with Gasteiger partial charge in [-0.1, -0.05) is 0 Å². The minimum absolute atomic E-state index is 0.0306. The van der Waals surface area contributed by atoms with Crippen molar-refractivity contribution in [1.82, 2.24) is 24.4 Å². The van der Waals surface area contributed by atoms with Crippen LogP contribution < -0.4 is 5.73 Å². The molecular formula is C17H24N6O2. The average molecular weight is 344 g/mol. The molecule has 0 radical (unpaired) electrons. The minimum Gasteiger partial charge on any atom is -0.369 e. The number of carbonyl (C=O) groups is 2. The van der Waals surface area contributed by atoms with Gasteiger partial charge in [0, 0.05) is 56.6 Å². The highest BCUT2D eigenvalue weighted by molar-refractivity contribution is 5.79. The fourth-order valence-electron chi connectivity index (χ4n) is 3.36. The zero-order valence-corrected chi connectivity index (χ0v) is 14.9. The molecule has 0 aromatic carbocycles. The third-order valence-electron chi connectivity index (χ3n) is 4.70. The molecule has 2 aromatic heterocycles. The van der Waals surface area contributed by atoms with E-state index in [1.807, 2.05) is 30.6 Å². The van der Waals surface area contributed by atoms with Crippen molar-refractivity contribution in [3.63, 3.8) is 0 Å². The number of fused-ring (bicyclic) bond motifs is 1. The van der Waals surface area contributed by atoms with Gasteiger partial charge < -0.3 is 10.6 Å². The quantitative estimate of drug-likeness (QED) is 0.852. The van der Waals surface area contributed by atoms with Crippen LogP contribution in [-0.4, -0.2) is 62.4 Å². The third-order valence-corrected chi connectivity index (χ3v) is 4.70. The van der Waals surface area contributed by atoms with Gasteiger partial charge in [0.05, 0.1) is 12.1 Å². The lowest BCUT2D eigenvalue weighted by Crippen LogP contribution is -2.39. The number of carbonyl (C=O) groups excluding carboxylic acids is 2. The summed E-state index contributed by atoms with van der Waals surface area (Å²) in [5.74, 6) is -0.774. The molecule has 134 valence electrons. The standard InChI is InChI=1S/C17H24N6O2/c1-11-6-12(2)23-17(20-11)14(7-19-23)8-21-4-5-22(13(3)24)10-15(9-21)16(18)25/h6-7,15H,4-5,8-10H2,1-3H3,(H2,18,25). The fraction of sp³-hybridized carbons (Fsp3) is 0.529. The Bertz CT molecular complexity index is 815. The lowest BCUT2D eigenvalue weighted by Gasteiger charge is -2.21. The molecule has 1 fully saturated rings. The van der Waals surface area contributed by atoms with Crippen molar-refractivity contribution in [2.24, 2.45) is 11.7 Å². The molecule has 0 saturated carbocycles. The summed E-state index contributed by atoms with van der Waals surface area (Å²) in [4.78, 5) is 31.9. The molecule has 3 heterocycles. The summed E-state index contributed by atoms with van der Waals surface area (Å²) >= 11 is 0. The van der Waals surface area contributed by atoms with E-state index in [4.69, 9.17) is 5.73 Å². The van der Waals surface area contributed by atoms with Gasteiger partial charge in [-0.2, -0.15) is 5.10 Å². The summed E-state index contributed by atoms with van der Waals surface area (Å²) in [6, 6.07) is 1.99. The van der Waals surface area contributed by atoms with Crippen molar-refractivity contribution in [2.75, 3.05) is 26.2 Å². The largest absolute Gasteiger partial charge is 0.369 e. The Labute approximate surface area is 146 Å². The number of aromatic nitrogens is 3. The molecular weight excluding hydrogens is 320 g/mol. The van der Waals surface area contributed by atoms with Crippen LogP contribution in [0.5, 0.6) is 0 Å². The van der Waals surface area contributed by atoms with E-state index in [0.29, 0.717) is 32.7 Å². The van der Waals surface area contributed by atoms with E-state index >= 15 is 0 Å². The summed E-state index contributed by atoms with van der Waals surface area (Å²) in [5.41, 5.74) is 9.35. The number of nitrogens with two attached hydrogens (primary N) is 1. The van der Waals surface area contributed by atoms with E-state index < -0.39 is 0 Å². The highest BCUT2D eigenvalue weighted by atomic mass is 16.2. The third kappa shape index (κ3) is 3.63. The van der Waals surface area contributed by atoms with E-state index in [0.717, 1.165) is 22.6 Å². The molecule has 0 bridgehead atoms. The molecule has 1 unspecified atom stereocenters. The zero-order chi connectivity index (χ0) is 18.1. The summed E-state index contributed by atoms with van der Waals surface area (Å²) in [6.45, 7) is 8.29. The van der Waals surface area contributed by atoms with Crippen LogP contribution in [0.3, 0.4) is 0 Å². The summed E-state index contributed by atoms with van der Waals surface area (Å²) in [7, 11) is 0. The van der Waals surface area contributed by atoms with E-state index in [9.17, 15) is 9.59 Å². The second-order valence-corrected chi connectivity index (χ2v) is 6.74. The smallest absolute Gasteiger partial charge is 0.223 e. The lowest BCUT2D eigenvalue weighted by molar-refractivity contribution is -0.130. The van der Waals surface area contributed by atoms with Crippen LogP contribution in [0.15, 0.2) is 12.3 Å². The second kappa shape index (κ2) is 6.79. The van der Waals surface area contributed by atoms with Crippen LogP contribution in [0.25, 0.3) is 5.65 Å². The summed E-state index contributed by atoms with van der Waals surface area (Å²) in [6.07, 6.45) is 1.82. The fourth-order valence-corrected chi connectivity index (χ4v) is 3.36. The highest BCUT2D eigenvalue weighted by Crippen LogP contribution is 2.17. The molecule has 25 heavy (non-hydrogen) atoms. The number of rotatable bonds is 3. The Balaban J connectivity index is 1.84. The normalized spacial score (nSPS) is 19.2. The van der Waals surface area contributed by atoms with Crippen molar-refractivity contribution in [2.45, 2.75) is 27.3 Å². The number of nitrogens with zero attached hydrogens (tertiary/aromatic N) is 5. The Morgan fingerprint density at radius 1 is 1.28 bits per heavy atom. The van der Waals surface area contributed by atoms with Gasteiger partial charge in [-0.3, -0.25) is 14.5 Å². The summed E-state index contributed by atoms with van der Waals surface area (Å²) in [5, 5.41) is 4.42. The van der Waals surface area contributed by atoms with Crippen molar-refractivity contribution in [1.29, 1.82) is 0 Å². The number of hydrogen-bond donors (Lipinski definition) is 1. The van der Waals surface area contributed by atoms with Crippen LogP contribution in [0.4, 0.5) is 0 Å². The maximum absolute atomic E-state index is 11.8.